The molecule has 0 heterocycles. The monoisotopic (exact) mass is 728 g/mol. The first-order valence-electron chi connectivity index (χ1n) is 18.9. The third-order valence-electron chi connectivity index (χ3n) is 8.73. The fourth-order valence-corrected chi connectivity index (χ4v) is 6.42. The normalized spacial score (nSPS) is 11.4. The van der Waals surface area contributed by atoms with E-state index in [4.69, 9.17) is 14.2 Å². The van der Waals surface area contributed by atoms with Crippen LogP contribution in [0.25, 0.3) is 0 Å². The Morgan fingerprint density at radius 3 is 1.87 bits per heavy atom. The molecule has 10 heteroatoms. The minimum absolute atomic E-state index is 0.134. The predicted octanol–water partition coefficient (Wildman–Crippen LogP) is 10.1. The van der Waals surface area contributed by atoms with Crippen molar-refractivity contribution in [3.8, 4) is 29.4 Å². The summed E-state index contributed by atoms with van der Waals surface area (Å²) in [5.74, 6) is 1.82. The van der Waals surface area contributed by atoms with Crippen LogP contribution in [0.15, 0.2) is 70.7 Å². The van der Waals surface area contributed by atoms with Gasteiger partial charge in [-0.1, -0.05) is 95.8 Å². The van der Waals surface area contributed by atoms with Crippen LogP contribution in [0, 0.1) is 29.6 Å². The largest absolute Gasteiger partial charge is 0.494 e. The van der Waals surface area contributed by atoms with Gasteiger partial charge in [-0.3, -0.25) is 0 Å². The van der Waals surface area contributed by atoms with Gasteiger partial charge < -0.3 is 14.2 Å². The third-order valence-corrected chi connectivity index (χ3v) is 9.95. The first-order valence-corrected chi connectivity index (χ1v) is 20.4. The topological polar surface area (TPSA) is 134 Å². The molecule has 0 unspecified atom stereocenters. The SMILES string of the molecule is CCCCCCCCOc1ccc(C(CCCCOc2ccc(C#N)c(C#N)c2)=NNS(=O)(=O)c2ccc(C)cc2)cc1OCCCCCCCC. The van der Waals surface area contributed by atoms with Crippen molar-refractivity contribution >= 4 is 15.7 Å². The van der Waals surface area contributed by atoms with Gasteiger partial charge in [0.05, 0.1) is 41.6 Å². The van der Waals surface area contributed by atoms with Gasteiger partial charge in [-0.05, 0) is 87.6 Å². The molecule has 0 atom stereocenters. The zero-order valence-electron chi connectivity index (χ0n) is 31.3. The minimum Gasteiger partial charge on any atom is -0.494 e. The van der Waals surface area contributed by atoms with Crippen molar-refractivity contribution in [2.24, 2.45) is 5.10 Å². The van der Waals surface area contributed by atoms with Crippen LogP contribution in [0.5, 0.6) is 17.2 Å². The molecule has 0 radical (unpaired) electrons. The maximum atomic E-state index is 13.2. The van der Waals surface area contributed by atoms with Crippen molar-refractivity contribution in [3.05, 3.63) is 82.9 Å². The molecule has 1 N–H and O–H groups in total. The van der Waals surface area contributed by atoms with Gasteiger partial charge in [-0.15, -0.1) is 0 Å². The quantitative estimate of drug-likeness (QED) is 0.0494. The molecule has 0 amide bonds. The molecule has 0 aromatic heterocycles. The van der Waals surface area contributed by atoms with E-state index in [1.54, 1.807) is 42.5 Å². The number of benzene rings is 3. The maximum Gasteiger partial charge on any atom is 0.276 e. The van der Waals surface area contributed by atoms with E-state index in [1.165, 1.54) is 51.4 Å². The van der Waals surface area contributed by atoms with Crippen molar-refractivity contribution in [1.82, 2.24) is 4.83 Å². The summed E-state index contributed by atoms with van der Waals surface area (Å²) >= 11 is 0. The summed E-state index contributed by atoms with van der Waals surface area (Å²) in [6.45, 7) is 7.87. The van der Waals surface area contributed by atoms with Crippen LogP contribution >= 0.6 is 0 Å². The second-order valence-electron chi connectivity index (χ2n) is 13.1. The van der Waals surface area contributed by atoms with Crippen LogP contribution in [0.3, 0.4) is 0 Å². The van der Waals surface area contributed by atoms with Crippen molar-refractivity contribution in [3.63, 3.8) is 0 Å². The molecule has 9 nitrogen and oxygen atoms in total. The highest BCUT2D eigenvalue weighted by atomic mass is 32.2. The Morgan fingerprint density at radius 2 is 1.23 bits per heavy atom. The van der Waals surface area contributed by atoms with Gasteiger partial charge in [-0.25, -0.2) is 0 Å². The molecule has 0 aliphatic rings. The first-order chi connectivity index (χ1) is 25.3. The van der Waals surface area contributed by atoms with Gasteiger partial charge in [0.25, 0.3) is 10.0 Å². The highest BCUT2D eigenvalue weighted by Crippen LogP contribution is 2.30. The lowest BCUT2D eigenvalue weighted by atomic mass is 10.0. The van der Waals surface area contributed by atoms with Crippen LogP contribution in [0.2, 0.25) is 0 Å². The van der Waals surface area contributed by atoms with Crippen LogP contribution < -0.4 is 19.0 Å². The Bertz CT molecular complexity index is 1730. The molecule has 0 spiro atoms. The van der Waals surface area contributed by atoms with E-state index < -0.39 is 10.0 Å². The van der Waals surface area contributed by atoms with Crippen LogP contribution in [-0.2, 0) is 10.0 Å². The van der Waals surface area contributed by atoms with E-state index in [1.807, 2.05) is 37.3 Å². The minimum atomic E-state index is -3.90. The Morgan fingerprint density at radius 1 is 0.654 bits per heavy atom. The van der Waals surface area contributed by atoms with E-state index >= 15 is 0 Å². The Labute approximate surface area is 312 Å². The second kappa shape index (κ2) is 23.8. The molecule has 0 bridgehead atoms. The second-order valence-corrected chi connectivity index (χ2v) is 14.8. The zero-order chi connectivity index (χ0) is 37.4. The predicted molar refractivity (Wildman–Crippen MR) is 207 cm³/mol. The van der Waals surface area contributed by atoms with E-state index in [9.17, 15) is 18.9 Å². The number of aryl methyl sites for hydroxylation is 1. The summed E-state index contributed by atoms with van der Waals surface area (Å²) < 4.78 is 44.8. The molecule has 3 aromatic rings. The van der Waals surface area contributed by atoms with E-state index in [0.29, 0.717) is 67.6 Å². The molecule has 3 aromatic carbocycles. The highest BCUT2D eigenvalue weighted by molar-refractivity contribution is 7.89. The van der Waals surface area contributed by atoms with Crippen molar-refractivity contribution in [2.45, 2.75) is 122 Å². The molecular weight excluding hydrogens is 673 g/mol. The number of rotatable bonds is 26. The fraction of sp³-hybridized carbons (Fsp3) is 0.500. The molecule has 0 aliphatic carbocycles. The van der Waals surface area contributed by atoms with Gasteiger partial charge in [0.1, 0.15) is 17.9 Å². The van der Waals surface area contributed by atoms with Crippen molar-refractivity contribution in [1.29, 1.82) is 10.5 Å². The number of ether oxygens (including phenoxy) is 3. The zero-order valence-corrected chi connectivity index (χ0v) is 32.1. The van der Waals surface area contributed by atoms with Gasteiger partial charge in [0.15, 0.2) is 11.5 Å². The third kappa shape index (κ3) is 15.0. The number of hydrazone groups is 1. The molecule has 0 saturated heterocycles. The molecule has 0 saturated carbocycles. The van der Waals surface area contributed by atoms with Crippen LogP contribution in [0.4, 0.5) is 0 Å². The molecule has 0 fully saturated rings. The summed E-state index contributed by atoms with van der Waals surface area (Å²) in [6, 6.07) is 21.2. The Kier molecular flexibility index (Phi) is 19.2. The number of nitrogens with zero attached hydrogens (tertiary/aromatic N) is 3. The lowest BCUT2D eigenvalue weighted by Crippen LogP contribution is -2.21. The van der Waals surface area contributed by atoms with Crippen molar-refractivity contribution < 1.29 is 22.6 Å². The van der Waals surface area contributed by atoms with Gasteiger partial charge >= 0.3 is 0 Å². The van der Waals surface area contributed by atoms with Crippen LogP contribution in [-0.4, -0.2) is 34.0 Å². The smallest absolute Gasteiger partial charge is 0.276 e. The molecule has 3 rings (SSSR count). The Balaban J connectivity index is 1.77. The lowest BCUT2D eigenvalue weighted by molar-refractivity contribution is 0.258. The fourth-order valence-electron chi connectivity index (χ4n) is 5.59. The standard InChI is InChI=1S/C42H56N4O5S/c1-4-6-8-10-12-15-28-50-41-26-22-35(31-42(41)51-29-16-13-11-9-7-5-2)40(45-46-52(47,48)39-24-19-34(3)20-25-39)18-14-17-27-49-38-23-21-36(32-43)37(30-38)33-44/h19-26,30-31,46H,4-18,27-29H2,1-3H3. The number of hydrogen-bond donors (Lipinski definition) is 1. The maximum absolute atomic E-state index is 13.2. The number of unbranched alkanes of at least 4 members (excludes halogenated alkanes) is 11. The summed E-state index contributed by atoms with van der Waals surface area (Å²) in [5, 5.41) is 23.0. The first kappa shape index (κ1) is 41.9. The average molecular weight is 729 g/mol. The average Bonchev–Trinajstić information content (AvgIpc) is 3.15. The number of nitriles is 2. The van der Waals surface area contributed by atoms with E-state index in [2.05, 4.69) is 23.8 Å². The summed E-state index contributed by atoms with van der Waals surface area (Å²) in [4.78, 5) is 2.59. The van der Waals surface area contributed by atoms with Gasteiger partial charge in [0, 0.05) is 5.56 Å². The van der Waals surface area contributed by atoms with E-state index in [0.717, 1.165) is 36.8 Å². The van der Waals surface area contributed by atoms with E-state index in [-0.39, 0.29) is 10.5 Å². The summed E-state index contributed by atoms with van der Waals surface area (Å²) in [5.41, 5.74) is 2.83. The Hall–Kier alpha value is -4.54. The van der Waals surface area contributed by atoms with Gasteiger partial charge in [0.2, 0.25) is 0 Å². The van der Waals surface area contributed by atoms with Crippen LogP contribution in [0.1, 0.15) is 132 Å². The number of hydrogen-bond acceptors (Lipinski definition) is 8. The molecule has 52 heavy (non-hydrogen) atoms. The molecular formula is C42H56N4O5S. The molecule has 280 valence electrons. The van der Waals surface area contributed by atoms with Gasteiger partial charge in [-0.2, -0.15) is 28.9 Å². The highest BCUT2D eigenvalue weighted by Gasteiger charge is 2.16. The lowest BCUT2D eigenvalue weighted by Gasteiger charge is -2.16. The van der Waals surface area contributed by atoms with Crippen molar-refractivity contribution in [2.75, 3.05) is 19.8 Å². The summed E-state index contributed by atoms with van der Waals surface area (Å²) in [6.07, 6.45) is 15.7. The number of nitrogens with one attached hydrogen (secondary N) is 1. The molecule has 0 aliphatic heterocycles. The number of sulfonamides is 1. The summed E-state index contributed by atoms with van der Waals surface area (Å²) in [7, 11) is -3.90.